The Morgan fingerprint density at radius 1 is 1.27 bits per heavy atom. The number of ether oxygens (including phenoxy) is 1. The van der Waals surface area contributed by atoms with Crippen LogP contribution in [0.15, 0.2) is 30.3 Å². The van der Waals surface area contributed by atoms with Gasteiger partial charge in [-0.1, -0.05) is 37.5 Å². The van der Waals surface area contributed by atoms with Gasteiger partial charge in [-0.3, -0.25) is 4.79 Å². The minimum atomic E-state index is -0.953. The van der Waals surface area contributed by atoms with Crippen LogP contribution in [0.25, 0.3) is 10.9 Å². The van der Waals surface area contributed by atoms with Crippen LogP contribution in [0.3, 0.4) is 0 Å². The zero-order chi connectivity index (χ0) is 18.7. The van der Waals surface area contributed by atoms with Crippen molar-refractivity contribution in [1.82, 2.24) is 9.88 Å². The molecule has 1 heterocycles. The van der Waals surface area contributed by atoms with Crippen LogP contribution in [-0.2, 0) is 9.53 Å². The van der Waals surface area contributed by atoms with Crippen LogP contribution in [0.1, 0.15) is 49.5 Å². The molecule has 0 bridgehead atoms. The molecule has 1 aliphatic carbocycles. The topological polar surface area (TPSA) is 86.2 Å². The number of carbonyl (C=O) groups excluding carboxylic acids is 2. The van der Waals surface area contributed by atoms with Gasteiger partial charge in [0.15, 0.2) is 6.10 Å². The number of likely N-dealkylation sites (N-methyl/N-ethyl adjacent to an activating group) is 1. The maximum absolute atomic E-state index is 12.7. The van der Waals surface area contributed by atoms with Crippen molar-refractivity contribution in [2.45, 2.75) is 50.7 Å². The fourth-order valence-corrected chi connectivity index (χ4v) is 3.60. The maximum Gasteiger partial charge on any atom is 0.355 e. The lowest BCUT2D eigenvalue weighted by molar-refractivity contribution is -0.143. The molecular formula is C20H23N3O3. The predicted octanol–water partition coefficient (Wildman–Crippen LogP) is 3.40. The highest BCUT2D eigenvalue weighted by molar-refractivity contribution is 5.96. The minimum Gasteiger partial charge on any atom is -0.448 e. The summed E-state index contributed by atoms with van der Waals surface area (Å²) in [4.78, 5) is 29.6. The van der Waals surface area contributed by atoms with Crippen LogP contribution < -0.4 is 0 Å². The summed E-state index contributed by atoms with van der Waals surface area (Å²) in [5.41, 5.74) is 0.347. The largest absolute Gasteiger partial charge is 0.448 e. The number of nitrogens with zero attached hydrogens (tertiary/aromatic N) is 2. The average Bonchev–Trinajstić information content (AvgIpc) is 3.11. The first-order chi connectivity index (χ1) is 12.5. The van der Waals surface area contributed by atoms with Crippen molar-refractivity contribution in [3.05, 3.63) is 36.0 Å². The number of aromatic amines is 1. The molecule has 6 heteroatoms. The van der Waals surface area contributed by atoms with Crippen LogP contribution in [0.5, 0.6) is 0 Å². The van der Waals surface area contributed by atoms with E-state index in [2.05, 4.69) is 11.1 Å². The molecule has 136 valence electrons. The second kappa shape index (κ2) is 7.20. The van der Waals surface area contributed by atoms with Crippen LogP contribution in [0, 0.1) is 11.3 Å². The summed E-state index contributed by atoms with van der Waals surface area (Å²) in [6.45, 7) is 1.55. The molecule has 1 aliphatic rings. The van der Waals surface area contributed by atoms with E-state index in [0.29, 0.717) is 18.5 Å². The average molecular weight is 353 g/mol. The summed E-state index contributed by atoms with van der Waals surface area (Å²) < 4.78 is 5.36. The third-order valence-corrected chi connectivity index (χ3v) is 5.24. The molecule has 2 aromatic rings. The van der Waals surface area contributed by atoms with E-state index in [4.69, 9.17) is 4.74 Å². The van der Waals surface area contributed by atoms with Gasteiger partial charge in [0.25, 0.3) is 5.91 Å². The molecule has 0 unspecified atom stereocenters. The molecule has 0 radical (unpaired) electrons. The zero-order valence-corrected chi connectivity index (χ0v) is 15.1. The Morgan fingerprint density at radius 3 is 2.62 bits per heavy atom. The van der Waals surface area contributed by atoms with Gasteiger partial charge >= 0.3 is 5.97 Å². The summed E-state index contributed by atoms with van der Waals surface area (Å²) in [7, 11) is 1.63. The number of nitriles is 1. The number of hydrogen-bond acceptors (Lipinski definition) is 4. The molecule has 1 saturated carbocycles. The third kappa shape index (κ3) is 3.30. The Bertz CT molecular complexity index is 826. The number of benzene rings is 1. The van der Waals surface area contributed by atoms with E-state index in [1.54, 1.807) is 20.0 Å². The van der Waals surface area contributed by atoms with Crippen LogP contribution >= 0.6 is 0 Å². The fourth-order valence-electron chi connectivity index (χ4n) is 3.60. The van der Waals surface area contributed by atoms with Crippen molar-refractivity contribution in [3.8, 4) is 6.07 Å². The Labute approximate surface area is 152 Å². The molecule has 26 heavy (non-hydrogen) atoms. The molecule has 1 aromatic heterocycles. The first-order valence-corrected chi connectivity index (χ1v) is 8.94. The molecule has 6 nitrogen and oxygen atoms in total. The smallest absolute Gasteiger partial charge is 0.355 e. The zero-order valence-electron chi connectivity index (χ0n) is 15.1. The molecule has 1 N–H and O–H groups in total. The van der Waals surface area contributed by atoms with E-state index in [9.17, 15) is 14.9 Å². The Morgan fingerprint density at radius 2 is 1.96 bits per heavy atom. The van der Waals surface area contributed by atoms with Crippen molar-refractivity contribution < 1.29 is 14.3 Å². The Kier molecular flexibility index (Phi) is 4.99. The monoisotopic (exact) mass is 353 g/mol. The van der Waals surface area contributed by atoms with E-state index in [1.807, 2.05) is 24.3 Å². The first-order valence-electron chi connectivity index (χ1n) is 8.94. The number of para-hydroxylation sites is 1. The van der Waals surface area contributed by atoms with E-state index in [1.165, 1.54) is 4.90 Å². The van der Waals surface area contributed by atoms with Crippen molar-refractivity contribution in [3.63, 3.8) is 0 Å². The quantitative estimate of drug-likeness (QED) is 0.854. The van der Waals surface area contributed by atoms with E-state index >= 15 is 0 Å². The van der Waals surface area contributed by atoms with Gasteiger partial charge < -0.3 is 14.6 Å². The maximum atomic E-state index is 12.7. The number of esters is 1. The molecule has 1 fully saturated rings. The fraction of sp³-hybridized carbons (Fsp3) is 0.450. The van der Waals surface area contributed by atoms with Gasteiger partial charge in [-0.05, 0) is 31.9 Å². The standard InChI is InChI=1S/C20H23N3O3/c1-14(18(24)23(2)20(13-21)10-6-3-7-11-20)26-19(25)17-12-15-8-4-5-9-16(15)22-17/h4-5,8-9,12,14,22H,3,6-7,10-11H2,1-2H3/t14-/m0/s1. The molecular weight excluding hydrogens is 330 g/mol. The van der Waals surface area contributed by atoms with Gasteiger partial charge in [-0.2, -0.15) is 5.26 Å². The van der Waals surface area contributed by atoms with Crippen LogP contribution in [0.4, 0.5) is 0 Å². The summed E-state index contributed by atoms with van der Waals surface area (Å²) >= 11 is 0. The highest BCUT2D eigenvalue weighted by Crippen LogP contribution is 2.33. The Hall–Kier alpha value is -2.81. The van der Waals surface area contributed by atoms with Crippen molar-refractivity contribution in [2.75, 3.05) is 7.05 Å². The van der Waals surface area contributed by atoms with E-state index in [0.717, 1.165) is 30.2 Å². The second-order valence-corrected chi connectivity index (χ2v) is 6.92. The number of carbonyl (C=O) groups is 2. The third-order valence-electron chi connectivity index (χ3n) is 5.24. The number of fused-ring (bicyclic) bond motifs is 1. The normalized spacial score (nSPS) is 17.3. The Balaban J connectivity index is 1.70. The second-order valence-electron chi connectivity index (χ2n) is 6.92. The molecule has 1 amide bonds. The van der Waals surface area contributed by atoms with Gasteiger partial charge in [0, 0.05) is 18.0 Å². The molecule has 0 aliphatic heterocycles. The summed E-state index contributed by atoms with van der Waals surface area (Å²) in [5.74, 6) is -0.928. The van der Waals surface area contributed by atoms with Crippen molar-refractivity contribution in [2.24, 2.45) is 0 Å². The van der Waals surface area contributed by atoms with Gasteiger partial charge in [0.05, 0.1) is 6.07 Å². The lowest BCUT2D eigenvalue weighted by Gasteiger charge is -2.39. The number of nitrogens with one attached hydrogen (secondary N) is 1. The van der Waals surface area contributed by atoms with Gasteiger partial charge in [0.1, 0.15) is 11.2 Å². The number of rotatable bonds is 4. The lowest BCUT2D eigenvalue weighted by Crippen LogP contribution is -2.53. The van der Waals surface area contributed by atoms with Crippen molar-refractivity contribution in [1.29, 1.82) is 5.26 Å². The molecule has 3 rings (SSSR count). The van der Waals surface area contributed by atoms with Crippen molar-refractivity contribution >= 4 is 22.8 Å². The van der Waals surface area contributed by atoms with Gasteiger partial charge in [-0.25, -0.2) is 4.79 Å². The SMILES string of the molecule is C[C@H](OC(=O)c1cc2ccccc2[nH]1)C(=O)N(C)C1(C#N)CCCCC1. The minimum absolute atomic E-state index is 0.307. The van der Waals surface area contributed by atoms with Gasteiger partial charge in [-0.15, -0.1) is 0 Å². The highest BCUT2D eigenvalue weighted by atomic mass is 16.5. The van der Waals surface area contributed by atoms with Crippen LogP contribution in [-0.4, -0.2) is 40.5 Å². The summed E-state index contributed by atoms with van der Waals surface area (Å²) in [5, 5.41) is 10.5. The van der Waals surface area contributed by atoms with Gasteiger partial charge in [0.2, 0.25) is 0 Å². The number of hydrogen-bond donors (Lipinski definition) is 1. The number of aromatic nitrogens is 1. The molecule has 1 aromatic carbocycles. The highest BCUT2D eigenvalue weighted by Gasteiger charge is 2.40. The number of H-pyrrole nitrogens is 1. The van der Waals surface area contributed by atoms with E-state index in [-0.39, 0.29) is 5.91 Å². The first kappa shape index (κ1) is 18.0. The predicted molar refractivity (Wildman–Crippen MR) is 97.4 cm³/mol. The summed E-state index contributed by atoms with van der Waals surface area (Å²) in [6.07, 6.45) is 3.30. The molecule has 1 atom stereocenters. The lowest BCUT2D eigenvalue weighted by atomic mass is 9.81. The summed E-state index contributed by atoms with van der Waals surface area (Å²) in [6, 6.07) is 11.5. The number of amides is 1. The molecule has 0 saturated heterocycles. The van der Waals surface area contributed by atoms with Crippen LogP contribution in [0.2, 0.25) is 0 Å². The van der Waals surface area contributed by atoms with E-state index < -0.39 is 17.6 Å². The molecule has 0 spiro atoms.